The summed E-state index contributed by atoms with van der Waals surface area (Å²) in [4.78, 5) is 0. The molecule has 1 rings (SSSR count). The molecule has 0 heterocycles. The lowest BCUT2D eigenvalue weighted by atomic mass is 9.92. The second kappa shape index (κ2) is 4.35. The van der Waals surface area contributed by atoms with Gasteiger partial charge in [-0.25, -0.2) is 0 Å². The van der Waals surface area contributed by atoms with Crippen LogP contribution in [0.4, 0.5) is 0 Å². The standard InChI is InChI=1S/C10H16.H2O/c1-8(2)10-6-4-9(3)5-7-10;/h4,6,9H,5,7H2,1-3H3;1H2. The van der Waals surface area contributed by atoms with Crippen LogP contribution in [-0.2, 0) is 0 Å². The summed E-state index contributed by atoms with van der Waals surface area (Å²) in [5.41, 5.74) is 3.02. The van der Waals surface area contributed by atoms with Crippen molar-refractivity contribution in [1.29, 1.82) is 0 Å². The summed E-state index contributed by atoms with van der Waals surface area (Å²) in [5.74, 6) is 0.795. The number of hydrogen-bond donors (Lipinski definition) is 0. The fourth-order valence-corrected chi connectivity index (χ4v) is 1.26. The van der Waals surface area contributed by atoms with Crippen LogP contribution in [0.15, 0.2) is 23.3 Å². The summed E-state index contributed by atoms with van der Waals surface area (Å²) in [5, 5.41) is 0. The van der Waals surface area contributed by atoms with Gasteiger partial charge in [-0.1, -0.05) is 24.6 Å². The molecular formula is C10H18O. The van der Waals surface area contributed by atoms with Crippen LogP contribution >= 0.6 is 0 Å². The second-order valence-electron chi connectivity index (χ2n) is 3.40. The Labute approximate surface area is 69.1 Å². The predicted octanol–water partition coefficient (Wildman–Crippen LogP) is 2.48. The lowest BCUT2D eigenvalue weighted by Gasteiger charge is -2.14. The van der Waals surface area contributed by atoms with E-state index < -0.39 is 0 Å². The Kier molecular flexibility index (Phi) is 4.12. The monoisotopic (exact) mass is 154 g/mol. The molecule has 0 radical (unpaired) electrons. The van der Waals surface area contributed by atoms with Gasteiger partial charge in [-0.3, -0.25) is 0 Å². The largest absolute Gasteiger partial charge is 0.412 e. The molecule has 64 valence electrons. The second-order valence-corrected chi connectivity index (χ2v) is 3.40. The Hall–Kier alpha value is -0.560. The molecular weight excluding hydrogens is 136 g/mol. The van der Waals surface area contributed by atoms with E-state index in [4.69, 9.17) is 0 Å². The minimum Gasteiger partial charge on any atom is -0.412 e. The van der Waals surface area contributed by atoms with E-state index in [1.165, 1.54) is 24.0 Å². The van der Waals surface area contributed by atoms with Crippen molar-refractivity contribution < 1.29 is 5.48 Å². The van der Waals surface area contributed by atoms with Crippen molar-refractivity contribution in [1.82, 2.24) is 0 Å². The van der Waals surface area contributed by atoms with Gasteiger partial charge in [0.1, 0.15) is 0 Å². The molecule has 1 atom stereocenters. The van der Waals surface area contributed by atoms with Gasteiger partial charge in [0.2, 0.25) is 0 Å². The summed E-state index contributed by atoms with van der Waals surface area (Å²) in [6.45, 7) is 6.66. The Balaban J connectivity index is 0.000001000. The lowest BCUT2D eigenvalue weighted by molar-refractivity contribution is 0.628. The molecule has 0 spiro atoms. The quantitative estimate of drug-likeness (QED) is 0.513. The summed E-state index contributed by atoms with van der Waals surface area (Å²) in [6, 6.07) is 0. The van der Waals surface area contributed by atoms with Crippen LogP contribution in [-0.4, -0.2) is 5.48 Å². The summed E-state index contributed by atoms with van der Waals surface area (Å²) in [7, 11) is 0. The molecule has 0 aromatic heterocycles. The Morgan fingerprint density at radius 2 is 2.09 bits per heavy atom. The first kappa shape index (κ1) is 10.4. The third-order valence-corrected chi connectivity index (χ3v) is 2.14. The minimum atomic E-state index is 0. The van der Waals surface area contributed by atoms with Gasteiger partial charge in [0.15, 0.2) is 0 Å². The van der Waals surface area contributed by atoms with Gasteiger partial charge in [0.05, 0.1) is 0 Å². The van der Waals surface area contributed by atoms with Gasteiger partial charge >= 0.3 is 0 Å². The molecule has 0 aliphatic heterocycles. The molecule has 2 N–H and O–H groups in total. The Morgan fingerprint density at radius 1 is 1.45 bits per heavy atom. The molecule has 0 fully saturated rings. The van der Waals surface area contributed by atoms with Crippen LogP contribution in [0.1, 0.15) is 33.6 Å². The molecule has 1 aliphatic rings. The van der Waals surface area contributed by atoms with Crippen molar-refractivity contribution in [2.24, 2.45) is 5.92 Å². The summed E-state index contributed by atoms with van der Waals surface area (Å²) < 4.78 is 0. The van der Waals surface area contributed by atoms with Crippen molar-refractivity contribution in [3.63, 3.8) is 0 Å². The molecule has 0 amide bonds. The molecule has 0 saturated carbocycles. The smallest absolute Gasteiger partial charge is 0.0256 e. The molecule has 1 nitrogen and oxygen atoms in total. The number of hydrogen-bond acceptors (Lipinski definition) is 0. The van der Waals surface area contributed by atoms with E-state index in [0.29, 0.717) is 0 Å². The average Bonchev–Trinajstić information content (AvgIpc) is 1.88. The SMILES string of the molecule is CC(C)=C1C=CC(C)CC1.O. The number of rotatable bonds is 0. The maximum absolute atomic E-state index is 2.31. The highest BCUT2D eigenvalue weighted by atomic mass is 16.0. The minimum absolute atomic E-state index is 0. The highest BCUT2D eigenvalue weighted by molar-refractivity contribution is 5.26. The van der Waals surface area contributed by atoms with E-state index in [1.807, 2.05) is 0 Å². The lowest BCUT2D eigenvalue weighted by Crippen LogP contribution is -1.97. The topological polar surface area (TPSA) is 31.5 Å². The zero-order valence-corrected chi connectivity index (χ0v) is 7.65. The molecule has 0 aromatic carbocycles. The van der Waals surface area contributed by atoms with Crippen molar-refractivity contribution in [3.8, 4) is 0 Å². The van der Waals surface area contributed by atoms with Crippen molar-refractivity contribution >= 4 is 0 Å². The highest BCUT2D eigenvalue weighted by Crippen LogP contribution is 2.22. The first-order chi connectivity index (χ1) is 4.70. The fraction of sp³-hybridized carbons (Fsp3) is 0.600. The predicted molar refractivity (Wildman–Crippen MR) is 49.5 cm³/mol. The van der Waals surface area contributed by atoms with Crippen LogP contribution in [0.2, 0.25) is 0 Å². The van der Waals surface area contributed by atoms with E-state index in [2.05, 4.69) is 32.9 Å². The van der Waals surface area contributed by atoms with E-state index in [0.717, 1.165) is 5.92 Å². The van der Waals surface area contributed by atoms with Crippen LogP contribution < -0.4 is 0 Å². The molecule has 1 heteroatoms. The van der Waals surface area contributed by atoms with Crippen molar-refractivity contribution in [2.75, 3.05) is 0 Å². The van der Waals surface area contributed by atoms with Gasteiger partial charge in [-0.15, -0.1) is 0 Å². The normalized spacial score (nSPS) is 22.8. The number of allylic oxidation sites excluding steroid dienone is 4. The molecule has 1 aliphatic carbocycles. The van der Waals surface area contributed by atoms with Crippen molar-refractivity contribution in [3.05, 3.63) is 23.3 Å². The average molecular weight is 154 g/mol. The molecule has 0 bridgehead atoms. The van der Waals surface area contributed by atoms with E-state index in [1.54, 1.807) is 0 Å². The Morgan fingerprint density at radius 3 is 2.45 bits per heavy atom. The summed E-state index contributed by atoms with van der Waals surface area (Å²) >= 11 is 0. The van der Waals surface area contributed by atoms with Crippen LogP contribution in [0, 0.1) is 5.92 Å². The molecule has 11 heavy (non-hydrogen) atoms. The first-order valence-corrected chi connectivity index (χ1v) is 4.04. The van der Waals surface area contributed by atoms with Crippen LogP contribution in [0.5, 0.6) is 0 Å². The maximum Gasteiger partial charge on any atom is -0.0256 e. The maximum atomic E-state index is 2.31. The van der Waals surface area contributed by atoms with Gasteiger partial charge in [-0.2, -0.15) is 0 Å². The van der Waals surface area contributed by atoms with E-state index in [9.17, 15) is 0 Å². The zero-order chi connectivity index (χ0) is 7.56. The van der Waals surface area contributed by atoms with E-state index >= 15 is 0 Å². The van der Waals surface area contributed by atoms with Crippen LogP contribution in [0.25, 0.3) is 0 Å². The first-order valence-electron chi connectivity index (χ1n) is 4.04. The zero-order valence-electron chi connectivity index (χ0n) is 7.65. The van der Waals surface area contributed by atoms with Crippen LogP contribution in [0.3, 0.4) is 0 Å². The van der Waals surface area contributed by atoms with Gasteiger partial charge < -0.3 is 5.48 Å². The fourth-order valence-electron chi connectivity index (χ4n) is 1.26. The summed E-state index contributed by atoms with van der Waals surface area (Å²) in [6.07, 6.45) is 7.20. The molecule has 0 aromatic rings. The van der Waals surface area contributed by atoms with Crippen molar-refractivity contribution in [2.45, 2.75) is 33.6 Å². The van der Waals surface area contributed by atoms with Gasteiger partial charge in [0, 0.05) is 0 Å². The third kappa shape index (κ3) is 2.89. The van der Waals surface area contributed by atoms with E-state index in [-0.39, 0.29) is 5.48 Å². The third-order valence-electron chi connectivity index (χ3n) is 2.14. The van der Waals surface area contributed by atoms with Gasteiger partial charge in [-0.05, 0) is 38.2 Å². The Bertz CT molecular complexity index is 173. The van der Waals surface area contributed by atoms with Gasteiger partial charge in [0.25, 0.3) is 0 Å². The molecule has 0 saturated heterocycles. The molecule has 1 unspecified atom stereocenters. The highest BCUT2D eigenvalue weighted by Gasteiger charge is 2.05.